The average molecular weight is 270 g/mol. The maximum Gasteiger partial charge on any atom is 0.195 e. The molecule has 0 radical (unpaired) electrons. The molecule has 0 aliphatic heterocycles. The summed E-state index contributed by atoms with van der Waals surface area (Å²) in [6.45, 7) is 3.44. The summed E-state index contributed by atoms with van der Waals surface area (Å²) in [5, 5.41) is 6.43. The molecule has 0 fully saturated rings. The summed E-state index contributed by atoms with van der Waals surface area (Å²) in [6.07, 6.45) is 0. The molecule has 0 saturated carbocycles. The lowest BCUT2D eigenvalue weighted by Crippen LogP contribution is -2.00. The molecule has 2 nitrogen and oxygen atoms in total. The van der Waals surface area contributed by atoms with Crippen LogP contribution in [0.2, 0.25) is 0 Å². The molecule has 1 aromatic carbocycles. The minimum atomic E-state index is -1.51. The normalized spacial score (nSPS) is 10.7. The summed E-state index contributed by atoms with van der Waals surface area (Å²) < 4.78 is 40.1. The largest absolute Gasteiger partial charge is 0.267 e. The van der Waals surface area contributed by atoms with Gasteiger partial charge in [0.25, 0.3) is 0 Å². The van der Waals surface area contributed by atoms with Gasteiger partial charge in [0, 0.05) is 5.56 Å². The SMILES string of the molecule is Cc1c(-c2ccc(F)c(F)c2F)n[nH]c(=S)c1C. The number of aromatic nitrogens is 2. The average Bonchev–Trinajstić information content (AvgIpc) is 2.35. The summed E-state index contributed by atoms with van der Waals surface area (Å²) in [5.74, 6) is -3.99. The Bertz CT molecular complexity index is 680. The molecule has 2 rings (SSSR count). The van der Waals surface area contributed by atoms with Crippen molar-refractivity contribution >= 4 is 12.2 Å². The molecule has 18 heavy (non-hydrogen) atoms. The molecule has 0 aliphatic rings. The summed E-state index contributed by atoms with van der Waals surface area (Å²) in [5.41, 5.74) is 1.47. The zero-order chi connectivity index (χ0) is 13.4. The number of hydrogen-bond acceptors (Lipinski definition) is 2. The fourth-order valence-corrected chi connectivity index (χ4v) is 1.79. The van der Waals surface area contributed by atoms with E-state index in [9.17, 15) is 13.2 Å². The van der Waals surface area contributed by atoms with Crippen LogP contribution in [0.3, 0.4) is 0 Å². The number of hydrogen-bond donors (Lipinski definition) is 1. The van der Waals surface area contributed by atoms with E-state index in [4.69, 9.17) is 12.2 Å². The summed E-state index contributed by atoms with van der Waals surface area (Å²) in [6, 6.07) is 2.02. The summed E-state index contributed by atoms with van der Waals surface area (Å²) in [7, 11) is 0. The van der Waals surface area contributed by atoms with E-state index in [1.165, 1.54) is 0 Å². The minimum absolute atomic E-state index is 0.0965. The van der Waals surface area contributed by atoms with Gasteiger partial charge in [0.2, 0.25) is 0 Å². The first-order chi connectivity index (χ1) is 8.43. The number of rotatable bonds is 1. The van der Waals surface area contributed by atoms with Crippen LogP contribution in [0.15, 0.2) is 12.1 Å². The molecule has 0 saturated heterocycles. The zero-order valence-corrected chi connectivity index (χ0v) is 10.5. The molecular weight excluding hydrogens is 261 g/mol. The molecule has 6 heteroatoms. The van der Waals surface area contributed by atoms with Gasteiger partial charge in [0.05, 0.1) is 5.69 Å². The molecule has 0 bridgehead atoms. The molecular formula is C12H9F3N2S. The Hall–Kier alpha value is -1.69. The monoisotopic (exact) mass is 270 g/mol. The van der Waals surface area contributed by atoms with Crippen LogP contribution in [0.25, 0.3) is 11.3 Å². The highest BCUT2D eigenvalue weighted by atomic mass is 32.1. The van der Waals surface area contributed by atoms with Gasteiger partial charge in [-0.3, -0.25) is 5.10 Å². The van der Waals surface area contributed by atoms with Crippen LogP contribution in [-0.2, 0) is 0 Å². The smallest absolute Gasteiger partial charge is 0.195 e. The van der Waals surface area contributed by atoms with Crippen molar-refractivity contribution in [1.82, 2.24) is 10.2 Å². The van der Waals surface area contributed by atoms with Crippen LogP contribution in [0, 0.1) is 35.9 Å². The standard InChI is InChI=1S/C12H9F3N2S/c1-5-6(2)12(18)17-16-11(5)7-3-4-8(13)10(15)9(7)14/h3-4H,1-2H3,(H,17,18). The van der Waals surface area contributed by atoms with Gasteiger partial charge in [-0.1, -0.05) is 12.2 Å². The second-order valence-electron chi connectivity index (χ2n) is 3.87. The van der Waals surface area contributed by atoms with Crippen molar-refractivity contribution in [1.29, 1.82) is 0 Å². The number of nitrogens with one attached hydrogen (secondary N) is 1. The van der Waals surface area contributed by atoms with Gasteiger partial charge in [-0.25, -0.2) is 13.2 Å². The van der Waals surface area contributed by atoms with E-state index in [2.05, 4.69) is 10.2 Å². The van der Waals surface area contributed by atoms with Gasteiger partial charge >= 0.3 is 0 Å². The molecule has 0 atom stereocenters. The lowest BCUT2D eigenvalue weighted by Gasteiger charge is -2.09. The van der Waals surface area contributed by atoms with Gasteiger partial charge in [-0.15, -0.1) is 0 Å². The van der Waals surface area contributed by atoms with Crippen LogP contribution >= 0.6 is 12.2 Å². The predicted octanol–water partition coefficient (Wildman–Crippen LogP) is 3.84. The maximum absolute atomic E-state index is 13.7. The Morgan fingerprint density at radius 2 is 1.72 bits per heavy atom. The molecule has 1 heterocycles. The van der Waals surface area contributed by atoms with E-state index in [-0.39, 0.29) is 11.3 Å². The van der Waals surface area contributed by atoms with Gasteiger partial charge in [0.15, 0.2) is 17.5 Å². The zero-order valence-electron chi connectivity index (χ0n) is 9.64. The van der Waals surface area contributed by atoms with E-state index in [1.807, 2.05) is 0 Å². The number of H-pyrrole nitrogens is 1. The van der Waals surface area contributed by atoms with E-state index in [1.54, 1.807) is 13.8 Å². The van der Waals surface area contributed by atoms with Crippen LogP contribution < -0.4 is 0 Å². The Morgan fingerprint density at radius 1 is 1.06 bits per heavy atom. The molecule has 0 amide bonds. The summed E-state index contributed by atoms with van der Waals surface area (Å²) in [4.78, 5) is 0. The lowest BCUT2D eigenvalue weighted by molar-refractivity contribution is 0.448. The van der Waals surface area contributed by atoms with Crippen LogP contribution in [0.5, 0.6) is 0 Å². The minimum Gasteiger partial charge on any atom is -0.267 e. The Labute approximate surface area is 106 Å². The highest BCUT2D eigenvalue weighted by Gasteiger charge is 2.18. The van der Waals surface area contributed by atoms with Crippen LogP contribution in [-0.4, -0.2) is 10.2 Å². The molecule has 94 valence electrons. The predicted molar refractivity (Wildman–Crippen MR) is 64.2 cm³/mol. The van der Waals surface area contributed by atoms with Crippen molar-refractivity contribution in [2.24, 2.45) is 0 Å². The Kier molecular flexibility index (Phi) is 3.21. The van der Waals surface area contributed by atoms with E-state index < -0.39 is 17.5 Å². The number of halogens is 3. The van der Waals surface area contributed by atoms with Crippen molar-refractivity contribution in [2.45, 2.75) is 13.8 Å². The van der Waals surface area contributed by atoms with Crippen molar-refractivity contribution in [3.05, 3.63) is 45.4 Å². The number of aromatic amines is 1. The second-order valence-corrected chi connectivity index (χ2v) is 4.28. The third-order valence-electron chi connectivity index (χ3n) is 2.82. The second kappa shape index (κ2) is 4.53. The van der Waals surface area contributed by atoms with Gasteiger partial charge in [0.1, 0.15) is 4.64 Å². The third kappa shape index (κ3) is 1.92. The first-order valence-corrected chi connectivity index (χ1v) is 5.54. The van der Waals surface area contributed by atoms with Crippen LogP contribution in [0.1, 0.15) is 11.1 Å². The quantitative estimate of drug-likeness (QED) is 0.630. The van der Waals surface area contributed by atoms with Gasteiger partial charge < -0.3 is 0 Å². The molecule has 1 N–H and O–H groups in total. The first kappa shape index (κ1) is 12.8. The van der Waals surface area contributed by atoms with Crippen molar-refractivity contribution in [3.63, 3.8) is 0 Å². The van der Waals surface area contributed by atoms with Crippen molar-refractivity contribution in [2.75, 3.05) is 0 Å². The summed E-state index contributed by atoms with van der Waals surface area (Å²) >= 11 is 4.98. The Morgan fingerprint density at radius 3 is 2.39 bits per heavy atom. The fraction of sp³-hybridized carbons (Fsp3) is 0.167. The third-order valence-corrected chi connectivity index (χ3v) is 3.22. The van der Waals surface area contributed by atoms with Crippen molar-refractivity contribution < 1.29 is 13.2 Å². The van der Waals surface area contributed by atoms with Gasteiger partial charge in [-0.05, 0) is 37.1 Å². The molecule has 2 aromatic rings. The molecule has 0 unspecified atom stereocenters. The number of nitrogens with zero attached hydrogens (tertiary/aromatic N) is 1. The molecule has 1 aromatic heterocycles. The molecule has 0 spiro atoms. The highest BCUT2D eigenvalue weighted by Crippen LogP contribution is 2.27. The van der Waals surface area contributed by atoms with E-state index in [0.717, 1.165) is 17.7 Å². The lowest BCUT2D eigenvalue weighted by atomic mass is 10.0. The maximum atomic E-state index is 13.7. The van der Waals surface area contributed by atoms with E-state index in [0.29, 0.717) is 10.2 Å². The highest BCUT2D eigenvalue weighted by molar-refractivity contribution is 7.71. The Balaban J connectivity index is 2.75. The number of benzene rings is 1. The fourth-order valence-electron chi connectivity index (χ4n) is 1.59. The van der Waals surface area contributed by atoms with E-state index >= 15 is 0 Å². The first-order valence-electron chi connectivity index (χ1n) is 5.13. The van der Waals surface area contributed by atoms with Crippen LogP contribution in [0.4, 0.5) is 13.2 Å². The van der Waals surface area contributed by atoms with Crippen molar-refractivity contribution in [3.8, 4) is 11.3 Å². The molecule has 0 aliphatic carbocycles. The topological polar surface area (TPSA) is 28.7 Å². The van der Waals surface area contributed by atoms with Gasteiger partial charge in [-0.2, -0.15) is 5.10 Å².